The van der Waals surface area contributed by atoms with Gasteiger partial charge >= 0.3 is 0 Å². The molecule has 0 radical (unpaired) electrons. The molecule has 2 rings (SSSR count). The molecule has 0 aliphatic rings. The SMILES string of the molecule is COc1cc2c(C)noc2cc1C=O. The second-order valence-electron chi connectivity index (χ2n) is 2.98. The van der Waals surface area contributed by atoms with Crippen LogP contribution in [0.25, 0.3) is 11.0 Å². The van der Waals surface area contributed by atoms with Crippen LogP contribution in [0.15, 0.2) is 16.7 Å². The maximum atomic E-state index is 10.7. The maximum absolute atomic E-state index is 10.7. The Morgan fingerprint density at radius 2 is 2.29 bits per heavy atom. The highest BCUT2D eigenvalue weighted by atomic mass is 16.5. The molecule has 2 aromatic rings. The number of aryl methyl sites for hydroxylation is 1. The van der Waals surface area contributed by atoms with Crippen molar-refractivity contribution in [3.05, 3.63) is 23.4 Å². The average Bonchev–Trinajstić information content (AvgIpc) is 2.58. The molecule has 0 bridgehead atoms. The Balaban J connectivity index is 2.77. The number of fused-ring (bicyclic) bond motifs is 1. The van der Waals surface area contributed by atoms with Gasteiger partial charge in [-0.1, -0.05) is 5.16 Å². The molecule has 4 heteroatoms. The molecule has 72 valence electrons. The topological polar surface area (TPSA) is 52.3 Å². The van der Waals surface area contributed by atoms with Crippen LogP contribution in [0.2, 0.25) is 0 Å². The van der Waals surface area contributed by atoms with Gasteiger partial charge in [0.05, 0.1) is 18.4 Å². The van der Waals surface area contributed by atoms with E-state index in [1.165, 1.54) is 7.11 Å². The minimum Gasteiger partial charge on any atom is -0.496 e. The van der Waals surface area contributed by atoms with Gasteiger partial charge in [-0.2, -0.15) is 0 Å². The molecule has 1 aromatic heterocycles. The Bertz CT molecular complexity index is 487. The van der Waals surface area contributed by atoms with Crippen molar-refractivity contribution >= 4 is 17.3 Å². The van der Waals surface area contributed by atoms with Gasteiger partial charge in [-0.05, 0) is 19.1 Å². The van der Waals surface area contributed by atoms with Crippen LogP contribution >= 0.6 is 0 Å². The number of carbonyl (C=O) groups is 1. The van der Waals surface area contributed by atoms with E-state index < -0.39 is 0 Å². The Morgan fingerprint density at radius 3 is 2.93 bits per heavy atom. The van der Waals surface area contributed by atoms with Crippen LogP contribution in [-0.4, -0.2) is 18.6 Å². The highest BCUT2D eigenvalue weighted by molar-refractivity contribution is 5.90. The zero-order valence-electron chi connectivity index (χ0n) is 7.90. The molecule has 0 amide bonds. The Hall–Kier alpha value is -1.84. The summed E-state index contributed by atoms with van der Waals surface area (Å²) in [4.78, 5) is 10.7. The zero-order chi connectivity index (χ0) is 10.1. The van der Waals surface area contributed by atoms with Crippen LogP contribution in [0.1, 0.15) is 16.1 Å². The van der Waals surface area contributed by atoms with E-state index in [2.05, 4.69) is 5.16 Å². The van der Waals surface area contributed by atoms with E-state index in [1.54, 1.807) is 12.1 Å². The predicted molar refractivity (Wildman–Crippen MR) is 50.7 cm³/mol. The lowest BCUT2D eigenvalue weighted by molar-refractivity contribution is 0.112. The third-order valence-electron chi connectivity index (χ3n) is 2.13. The molecule has 0 saturated carbocycles. The summed E-state index contributed by atoms with van der Waals surface area (Å²) in [5, 5.41) is 4.67. The lowest BCUT2D eigenvalue weighted by atomic mass is 10.1. The van der Waals surface area contributed by atoms with Gasteiger partial charge in [0, 0.05) is 5.39 Å². The molecule has 0 unspecified atom stereocenters. The number of nitrogens with zero attached hydrogens (tertiary/aromatic N) is 1. The highest BCUT2D eigenvalue weighted by Gasteiger charge is 2.09. The molecule has 0 aliphatic heterocycles. The number of aromatic nitrogens is 1. The van der Waals surface area contributed by atoms with Crippen molar-refractivity contribution in [1.82, 2.24) is 5.16 Å². The van der Waals surface area contributed by atoms with Crippen LogP contribution in [0.3, 0.4) is 0 Å². The van der Waals surface area contributed by atoms with Gasteiger partial charge in [-0.3, -0.25) is 4.79 Å². The van der Waals surface area contributed by atoms with Crippen molar-refractivity contribution in [2.24, 2.45) is 0 Å². The third-order valence-corrected chi connectivity index (χ3v) is 2.13. The third kappa shape index (κ3) is 1.16. The second-order valence-corrected chi connectivity index (χ2v) is 2.98. The summed E-state index contributed by atoms with van der Waals surface area (Å²) in [6.45, 7) is 1.84. The minimum atomic E-state index is 0.469. The Morgan fingerprint density at radius 1 is 1.50 bits per heavy atom. The lowest BCUT2D eigenvalue weighted by Gasteiger charge is -2.01. The van der Waals surface area contributed by atoms with Crippen molar-refractivity contribution in [1.29, 1.82) is 0 Å². The number of carbonyl (C=O) groups excluding carboxylic acids is 1. The lowest BCUT2D eigenvalue weighted by Crippen LogP contribution is -1.89. The van der Waals surface area contributed by atoms with Crippen LogP contribution in [0.4, 0.5) is 0 Å². The average molecular weight is 191 g/mol. The molecule has 1 heterocycles. The summed E-state index contributed by atoms with van der Waals surface area (Å²) >= 11 is 0. The van der Waals surface area contributed by atoms with E-state index in [1.807, 2.05) is 6.92 Å². The van der Waals surface area contributed by atoms with Gasteiger partial charge in [0.25, 0.3) is 0 Å². The van der Waals surface area contributed by atoms with Crippen molar-refractivity contribution in [2.45, 2.75) is 6.92 Å². The first kappa shape index (κ1) is 8.74. The van der Waals surface area contributed by atoms with Crippen LogP contribution in [0, 0.1) is 6.92 Å². The number of hydrogen-bond acceptors (Lipinski definition) is 4. The van der Waals surface area contributed by atoms with Gasteiger partial charge < -0.3 is 9.26 Å². The molecule has 0 aliphatic carbocycles. The fourth-order valence-electron chi connectivity index (χ4n) is 1.37. The molecular formula is C10H9NO3. The quantitative estimate of drug-likeness (QED) is 0.681. The first-order valence-corrected chi connectivity index (χ1v) is 4.15. The molecule has 0 fully saturated rings. The summed E-state index contributed by atoms with van der Waals surface area (Å²) in [7, 11) is 1.52. The number of methoxy groups -OCH3 is 1. The molecular weight excluding hydrogens is 182 g/mol. The smallest absolute Gasteiger partial charge is 0.168 e. The van der Waals surface area contributed by atoms with Crippen molar-refractivity contribution in [3.63, 3.8) is 0 Å². The standard InChI is InChI=1S/C10H9NO3/c1-6-8-4-9(13-2)7(5-12)3-10(8)14-11-6/h3-5H,1-2H3. The van der Waals surface area contributed by atoms with E-state index in [-0.39, 0.29) is 0 Å². The number of rotatable bonds is 2. The zero-order valence-corrected chi connectivity index (χ0v) is 7.90. The van der Waals surface area contributed by atoms with Crippen molar-refractivity contribution < 1.29 is 14.1 Å². The Kier molecular flexibility index (Phi) is 1.96. The summed E-state index contributed by atoms with van der Waals surface area (Å²) in [6, 6.07) is 3.38. The van der Waals surface area contributed by atoms with Crippen molar-refractivity contribution in [2.75, 3.05) is 7.11 Å². The van der Waals surface area contributed by atoms with E-state index in [0.29, 0.717) is 16.9 Å². The van der Waals surface area contributed by atoms with Gasteiger partial charge in [0.2, 0.25) is 0 Å². The molecule has 0 spiro atoms. The second kappa shape index (κ2) is 3.14. The number of benzene rings is 1. The molecule has 0 N–H and O–H groups in total. The van der Waals surface area contributed by atoms with Crippen LogP contribution < -0.4 is 4.74 Å². The van der Waals surface area contributed by atoms with E-state index in [4.69, 9.17) is 9.26 Å². The fraction of sp³-hybridized carbons (Fsp3) is 0.200. The van der Waals surface area contributed by atoms with E-state index in [0.717, 1.165) is 17.4 Å². The molecule has 0 saturated heterocycles. The number of aldehydes is 1. The maximum Gasteiger partial charge on any atom is 0.168 e. The highest BCUT2D eigenvalue weighted by Crippen LogP contribution is 2.26. The van der Waals surface area contributed by atoms with E-state index in [9.17, 15) is 4.79 Å². The minimum absolute atomic E-state index is 0.469. The molecule has 0 atom stereocenters. The summed E-state index contributed by atoms with van der Waals surface area (Å²) < 4.78 is 10.1. The van der Waals surface area contributed by atoms with Gasteiger partial charge in [-0.15, -0.1) is 0 Å². The number of hydrogen-bond donors (Lipinski definition) is 0. The Labute approximate surface area is 80.4 Å². The fourth-order valence-corrected chi connectivity index (χ4v) is 1.37. The molecule has 14 heavy (non-hydrogen) atoms. The van der Waals surface area contributed by atoms with Crippen molar-refractivity contribution in [3.8, 4) is 5.75 Å². The monoisotopic (exact) mass is 191 g/mol. The number of ether oxygens (including phenoxy) is 1. The van der Waals surface area contributed by atoms with Gasteiger partial charge in [0.15, 0.2) is 11.9 Å². The first-order valence-electron chi connectivity index (χ1n) is 4.15. The van der Waals surface area contributed by atoms with Gasteiger partial charge in [-0.25, -0.2) is 0 Å². The largest absolute Gasteiger partial charge is 0.496 e. The normalized spacial score (nSPS) is 10.4. The molecule has 4 nitrogen and oxygen atoms in total. The van der Waals surface area contributed by atoms with Crippen LogP contribution in [0.5, 0.6) is 5.75 Å². The summed E-state index contributed by atoms with van der Waals surface area (Å²) in [5.74, 6) is 0.541. The molecule has 1 aromatic carbocycles. The van der Waals surface area contributed by atoms with Gasteiger partial charge in [0.1, 0.15) is 5.75 Å². The van der Waals surface area contributed by atoms with Crippen LogP contribution in [-0.2, 0) is 0 Å². The van der Waals surface area contributed by atoms with E-state index >= 15 is 0 Å². The predicted octanol–water partition coefficient (Wildman–Crippen LogP) is 1.96. The summed E-state index contributed by atoms with van der Waals surface area (Å²) in [6.07, 6.45) is 0.732. The first-order chi connectivity index (χ1) is 6.76. The summed E-state index contributed by atoms with van der Waals surface area (Å²) in [5.41, 5.74) is 1.86.